The molecule has 0 atom stereocenters. The van der Waals surface area contributed by atoms with Gasteiger partial charge < -0.3 is 15.0 Å². The number of hydrogen-bond acceptors (Lipinski definition) is 5. The van der Waals surface area contributed by atoms with E-state index in [0.29, 0.717) is 6.04 Å². The van der Waals surface area contributed by atoms with Crippen LogP contribution in [0.5, 0.6) is 11.5 Å². The van der Waals surface area contributed by atoms with E-state index in [1.54, 1.807) is 11.8 Å². The molecule has 0 bridgehead atoms. The summed E-state index contributed by atoms with van der Waals surface area (Å²) in [7, 11) is 0. The molecular weight excluding hydrogens is 402 g/mol. The molecule has 1 aliphatic carbocycles. The molecule has 0 spiro atoms. The number of nitrogens with one attached hydrogen (secondary N) is 1. The topological polar surface area (TPSA) is 37.4 Å². The molecule has 1 saturated carbocycles. The van der Waals surface area contributed by atoms with Gasteiger partial charge in [0, 0.05) is 41.5 Å². The van der Waals surface area contributed by atoms with Crippen LogP contribution < -0.4 is 15.0 Å². The van der Waals surface area contributed by atoms with Gasteiger partial charge in [-0.05, 0) is 36.6 Å². The zero-order valence-electron chi connectivity index (χ0n) is 18.0. The van der Waals surface area contributed by atoms with E-state index in [-0.39, 0.29) is 0 Å². The van der Waals surface area contributed by atoms with Crippen molar-refractivity contribution in [3.05, 3.63) is 71.4 Å². The summed E-state index contributed by atoms with van der Waals surface area (Å²) in [5.74, 6) is 3.61. The first-order chi connectivity index (χ1) is 15.3. The third-order valence-corrected chi connectivity index (χ3v) is 7.16. The number of nitrogens with zero attached hydrogens (tertiary/aromatic N) is 2. The van der Waals surface area contributed by atoms with E-state index in [1.165, 1.54) is 43.2 Å². The first-order valence-corrected chi connectivity index (χ1v) is 12.3. The number of benzene rings is 2. The second kappa shape index (κ2) is 9.33. The van der Waals surface area contributed by atoms with E-state index in [9.17, 15) is 0 Å². The average Bonchev–Trinajstić information content (AvgIpc) is 3.25. The van der Waals surface area contributed by atoms with Gasteiger partial charge >= 0.3 is 0 Å². The van der Waals surface area contributed by atoms with Gasteiger partial charge in [0.25, 0.3) is 0 Å². The van der Waals surface area contributed by atoms with Gasteiger partial charge in [0.05, 0.1) is 5.88 Å². The predicted octanol–water partition coefficient (Wildman–Crippen LogP) is 6.82. The fourth-order valence-electron chi connectivity index (χ4n) is 4.44. The second-order valence-electron chi connectivity index (χ2n) is 8.43. The van der Waals surface area contributed by atoms with Crippen LogP contribution in [0.25, 0.3) is 10.8 Å². The molecule has 1 aromatic heterocycles. The minimum Gasteiger partial charge on any atom is -0.456 e. The van der Waals surface area contributed by atoms with Gasteiger partial charge in [-0.25, -0.2) is 4.98 Å². The number of anilines is 1. The number of pyridine rings is 1. The minimum atomic E-state index is 0.596. The van der Waals surface area contributed by atoms with Gasteiger partial charge in [-0.2, -0.15) is 0 Å². The Balaban J connectivity index is 1.46. The summed E-state index contributed by atoms with van der Waals surface area (Å²) >= 11 is 1.80. The molecule has 2 aromatic carbocycles. The fourth-order valence-corrected chi connectivity index (χ4v) is 5.37. The third kappa shape index (κ3) is 4.58. The molecular formula is C26H29N3OS. The van der Waals surface area contributed by atoms with Crippen LogP contribution in [0.4, 0.5) is 5.82 Å². The highest BCUT2D eigenvalue weighted by Crippen LogP contribution is 2.35. The molecule has 1 aliphatic heterocycles. The summed E-state index contributed by atoms with van der Waals surface area (Å²) in [6.45, 7) is 2.91. The molecule has 2 heterocycles. The zero-order valence-corrected chi connectivity index (χ0v) is 18.8. The number of fused-ring (bicyclic) bond motifs is 1. The number of thioether (sulfide) groups is 1. The van der Waals surface area contributed by atoms with Crippen LogP contribution in [-0.2, 0) is 6.54 Å². The normalized spacial score (nSPS) is 17.2. The number of allylic oxidation sites excluding steroid dienone is 1. The molecule has 0 unspecified atom stereocenters. The lowest BCUT2D eigenvalue weighted by atomic mass is 9.95. The molecule has 1 fully saturated rings. The summed E-state index contributed by atoms with van der Waals surface area (Å²) < 4.78 is 6.57. The highest BCUT2D eigenvalue weighted by molar-refractivity contribution is 8.02. The van der Waals surface area contributed by atoms with Crippen molar-refractivity contribution < 1.29 is 4.74 Å². The van der Waals surface area contributed by atoms with Crippen molar-refractivity contribution in [3.63, 3.8) is 0 Å². The molecule has 0 amide bonds. The Bertz CT molecular complexity index is 1090. The lowest BCUT2D eigenvalue weighted by molar-refractivity contribution is 0.369. The molecule has 5 rings (SSSR count). The van der Waals surface area contributed by atoms with Gasteiger partial charge in [-0.3, -0.25) is 0 Å². The Morgan fingerprint density at radius 3 is 2.74 bits per heavy atom. The van der Waals surface area contributed by atoms with Crippen LogP contribution in [0.2, 0.25) is 0 Å². The first-order valence-electron chi connectivity index (χ1n) is 11.2. The first kappa shape index (κ1) is 20.4. The van der Waals surface area contributed by atoms with Gasteiger partial charge in [0.1, 0.15) is 17.3 Å². The number of hydrogen-bond donors (Lipinski definition) is 1. The second-order valence-corrected chi connectivity index (χ2v) is 9.26. The van der Waals surface area contributed by atoms with Crippen LogP contribution in [0, 0.1) is 0 Å². The van der Waals surface area contributed by atoms with Crippen LogP contribution in [0.3, 0.4) is 0 Å². The van der Waals surface area contributed by atoms with Crippen molar-refractivity contribution in [1.29, 1.82) is 0 Å². The monoisotopic (exact) mass is 431 g/mol. The highest BCUT2D eigenvalue weighted by Gasteiger charge is 2.19. The van der Waals surface area contributed by atoms with E-state index in [1.807, 2.05) is 6.20 Å². The van der Waals surface area contributed by atoms with Crippen LogP contribution in [0.15, 0.2) is 65.8 Å². The standard InChI is InChI=1S/C26H29N3OS/c1-19-17-31-18-29(19)26-14-25(21(16-28-26)15-27-22-10-3-2-4-11-22)30-24-13-7-9-20-8-5-6-12-23(20)24/h5-9,12-14,16-17,22,27H,2-4,10-11,15,18H2,1H3. The Labute approximate surface area is 188 Å². The smallest absolute Gasteiger partial charge is 0.137 e. The zero-order chi connectivity index (χ0) is 21.0. The van der Waals surface area contributed by atoms with E-state index in [2.05, 4.69) is 71.1 Å². The van der Waals surface area contributed by atoms with Gasteiger partial charge in [-0.1, -0.05) is 55.7 Å². The van der Waals surface area contributed by atoms with Gasteiger partial charge in [0.2, 0.25) is 0 Å². The Morgan fingerprint density at radius 1 is 1.06 bits per heavy atom. The molecule has 160 valence electrons. The van der Waals surface area contributed by atoms with Gasteiger partial charge in [-0.15, -0.1) is 11.8 Å². The molecule has 3 aromatic rings. The molecule has 2 aliphatic rings. The summed E-state index contributed by atoms with van der Waals surface area (Å²) in [5, 5.41) is 8.25. The minimum absolute atomic E-state index is 0.596. The number of aromatic nitrogens is 1. The van der Waals surface area contributed by atoms with E-state index in [0.717, 1.165) is 40.7 Å². The molecule has 4 nitrogen and oxygen atoms in total. The van der Waals surface area contributed by atoms with Gasteiger partial charge in [0.15, 0.2) is 0 Å². The van der Waals surface area contributed by atoms with Crippen molar-refractivity contribution >= 4 is 28.4 Å². The lowest BCUT2D eigenvalue weighted by Crippen LogP contribution is -2.30. The van der Waals surface area contributed by atoms with E-state index < -0.39 is 0 Å². The summed E-state index contributed by atoms with van der Waals surface area (Å²) in [6, 6.07) is 17.3. The maximum absolute atomic E-state index is 6.57. The van der Waals surface area contributed by atoms with Crippen molar-refractivity contribution in [2.24, 2.45) is 0 Å². The van der Waals surface area contributed by atoms with E-state index >= 15 is 0 Å². The Hall–Kier alpha value is -2.50. The predicted molar refractivity (Wildman–Crippen MR) is 131 cm³/mol. The van der Waals surface area contributed by atoms with Crippen molar-refractivity contribution in [2.75, 3.05) is 10.8 Å². The van der Waals surface area contributed by atoms with Crippen LogP contribution >= 0.6 is 11.8 Å². The molecule has 31 heavy (non-hydrogen) atoms. The SMILES string of the molecule is CC1=CSCN1c1cc(Oc2cccc3ccccc23)c(CNC2CCCCC2)cn1. The number of ether oxygens (including phenoxy) is 1. The molecule has 1 N–H and O–H groups in total. The maximum Gasteiger partial charge on any atom is 0.137 e. The fraction of sp³-hybridized carbons (Fsp3) is 0.346. The summed E-state index contributed by atoms with van der Waals surface area (Å²) in [4.78, 5) is 7.03. The quantitative estimate of drug-likeness (QED) is 0.463. The number of rotatable bonds is 6. The van der Waals surface area contributed by atoms with E-state index in [4.69, 9.17) is 9.72 Å². The molecule has 0 radical (unpaired) electrons. The van der Waals surface area contributed by atoms with Crippen molar-refractivity contribution in [1.82, 2.24) is 10.3 Å². The average molecular weight is 432 g/mol. The summed E-state index contributed by atoms with van der Waals surface area (Å²) in [5.41, 5.74) is 2.33. The largest absolute Gasteiger partial charge is 0.456 e. The maximum atomic E-state index is 6.57. The Kier molecular flexibility index (Phi) is 6.14. The third-order valence-electron chi connectivity index (χ3n) is 6.25. The molecule has 0 saturated heterocycles. The molecule has 5 heteroatoms. The van der Waals surface area contributed by atoms with Crippen LogP contribution in [0.1, 0.15) is 44.6 Å². The highest BCUT2D eigenvalue weighted by atomic mass is 32.2. The lowest BCUT2D eigenvalue weighted by Gasteiger charge is -2.24. The van der Waals surface area contributed by atoms with Crippen molar-refractivity contribution in [3.8, 4) is 11.5 Å². The Morgan fingerprint density at radius 2 is 1.90 bits per heavy atom. The van der Waals surface area contributed by atoms with Crippen LogP contribution in [-0.4, -0.2) is 16.9 Å². The summed E-state index contributed by atoms with van der Waals surface area (Å²) in [6.07, 6.45) is 8.53. The van der Waals surface area contributed by atoms with Crippen molar-refractivity contribution in [2.45, 2.75) is 51.6 Å².